The number of hydrogen-bond acceptors (Lipinski definition) is 3. The summed E-state index contributed by atoms with van der Waals surface area (Å²) in [6, 6.07) is 2.66. The van der Waals surface area contributed by atoms with Crippen LogP contribution < -0.4 is 10.5 Å². The lowest BCUT2D eigenvalue weighted by atomic mass is 10.1. The number of ether oxygens (including phenoxy) is 1. The molecule has 0 aliphatic carbocycles. The minimum Gasteiger partial charge on any atom is -0.406 e. The number of nitrogens with two attached hydrogens (primary N) is 1. The number of benzene rings is 1. The van der Waals surface area contributed by atoms with Gasteiger partial charge >= 0.3 is 6.36 Å². The second kappa shape index (κ2) is 4.37. The van der Waals surface area contributed by atoms with E-state index in [-0.39, 0.29) is 5.56 Å². The molecule has 3 nitrogen and oxygen atoms in total. The highest BCUT2D eigenvalue weighted by atomic mass is 19.4. The fourth-order valence-corrected chi connectivity index (χ4v) is 1.03. The third-order valence-corrected chi connectivity index (χ3v) is 1.63. The zero-order valence-electron chi connectivity index (χ0n) is 7.75. The zero-order valence-corrected chi connectivity index (χ0v) is 7.75. The van der Waals surface area contributed by atoms with Gasteiger partial charge in [0, 0.05) is 6.07 Å². The Balaban J connectivity index is 3.04. The molecule has 2 N–H and O–H groups in total. The Kier molecular flexibility index (Phi) is 3.34. The van der Waals surface area contributed by atoms with E-state index in [1.165, 1.54) is 0 Å². The summed E-state index contributed by atoms with van der Waals surface area (Å²) >= 11 is 0. The lowest BCUT2D eigenvalue weighted by molar-refractivity contribution is -0.274. The zero-order chi connectivity index (χ0) is 12.3. The minimum absolute atomic E-state index is 0.0817. The predicted molar refractivity (Wildman–Crippen MR) is 45.6 cm³/mol. The van der Waals surface area contributed by atoms with E-state index in [4.69, 9.17) is 11.0 Å². The van der Waals surface area contributed by atoms with Gasteiger partial charge in [-0.25, -0.2) is 4.39 Å². The van der Waals surface area contributed by atoms with Gasteiger partial charge in [-0.05, 0) is 17.7 Å². The molecule has 0 radical (unpaired) electrons. The molecule has 0 spiro atoms. The molecule has 0 aliphatic rings. The monoisotopic (exact) mass is 234 g/mol. The van der Waals surface area contributed by atoms with Crippen molar-refractivity contribution in [3.8, 4) is 11.8 Å². The van der Waals surface area contributed by atoms with Crippen LogP contribution >= 0.6 is 0 Å². The minimum atomic E-state index is -4.91. The average molecular weight is 234 g/mol. The fraction of sp³-hybridized carbons (Fsp3) is 0.222. The van der Waals surface area contributed by atoms with E-state index in [0.717, 1.165) is 12.1 Å². The van der Waals surface area contributed by atoms with Gasteiger partial charge in [-0.2, -0.15) is 5.26 Å². The van der Waals surface area contributed by atoms with Crippen molar-refractivity contribution in [2.75, 3.05) is 0 Å². The quantitative estimate of drug-likeness (QED) is 0.798. The first-order valence-corrected chi connectivity index (χ1v) is 4.03. The van der Waals surface area contributed by atoms with Crippen molar-refractivity contribution in [2.24, 2.45) is 5.73 Å². The van der Waals surface area contributed by atoms with Gasteiger partial charge in [0.25, 0.3) is 0 Å². The molecule has 1 aromatic carbocycles. The van der Waals surface area contributed by atoms with E-state index in [1.807, 2.05) is 0 Å². The first-order valence-electron chi connectivity index (χ1n) is 4.03. The molecule has 1 atom stereocenters. The van der Waals surface area contributed by atoms with Gasteiger partial charge in [0.1, 0.15) is 17.6 Å². The average Bonchev–Trinajstić information content (AvgIpc) is 2.12. The summed E-state index contributed by atoms with van der Waals surface area (Å²) in [5.41, 5.74) is 5.15. The van der Waals surface area contributed by atoms with Gasteiger partial charge in [0.15, 0.2) is 0 Å². The highest BCUT2D eigenvalue weighted by Gasteiger charge is 2.31. The van der Waals surface area contributed by atoms with Crippen molar-refractivity contribution in [1.82, 2.24) is 0 Å². The van der Waals surface area contributed by atoms with Gasteiger partial charge in [-0.1, -0.05) is 0 Å². The van der Waals surface area contributed by atoms with Crippen molar-refractivity contribution in [3.05, 3.63) is 29.6 Å². The molecule has 7 heteroatoms. The van der Waals surface area contributed by atoms with Crippen LogP contribution in [-0.4, -0.2) is 6.36 Å². The molecular formula is C9H6F4N2O. The van der Waals surface area contributed by atoms with Crippen LogP contribution in [0.2, 0.25) is 0 Å². The Morgan fingerprint density at radius 3 is 2.44 bits per heavy atom. The van der Waals surface area contributed by atoms with E-state index < -0.39 is 24.0 Å². The Bertz CT molecular complexity index is 424. The molecule has 0 bridgehead atoms. The number of alkyl halides is 3. The van der Waals surface area contributed by atoms with Crippen LogP contribution in [0.1, 0.15) is 11.6 Å². The Morgan fingerprint density at radius 1 is 1.31 bits per heavy atom. The summed E-state index contributed by atoms with van der Waals surface area (Å²) in [6.45, 7) is 0. The molecule has 86 valence electrons. The lowest BCUT2D eigenvalue weighted by Gasteiger charge is -2.11. The summed E-state index contributed by atoms with van der Waals surface area (Å²) < 4.78 is 51.9. The highest BCUT2D eigenvalue weighted by Crippen LogP contribution is 2.26. The Morgan fingerprint density at radius 2 is 1.94 bits per heavy atom. The Labute approximate surface area is 88.0 Å². The summed E-state index contributed by atoms with van der Waals surface area (Å²) in [5, 5.41) is 8.44. The van der Waals surface area contributed by atoms with Crippen LogP contribution in [0.5, 0.6) is 5.75 Å². The molecule has 16 heavy (non-hydrogen) atoms. The van der Waals surface area contributed by atoms with Crippen LogP contribution in [0.4, 0.5) is 17.6 Å². The number of nitrogens with zero attached hydrogens (tertiary/aromatic N) is 1. The maximum Gasteiger partial charge on any atom is 0.573 e. The molecule has 0 aromatic heterocycles. The molecule has 1 rings (SSSR count). The summed E-state index contributed by atoms with van der Waals surface area (Å²) in [4.78, 5) is 0. The fourth-order valence-electron chi connectivity index (χ4n) is 1.03. The maximum absolute atomic E-state index is 12.9. The molecule has 1 aromatic rings. The van der Waals surface area contributed by atoms with Crippen LogP contribution in [0, 0.1) is 17.1 Å². The number of hydrogen-bond donors (Lipinski definition) is 1. The van der Waals surface area contributed by atoms with E-state index in [0.29, 0.717) is 6.07 Å². The van der Waals surface area contributed by atoms with E-state index in [1.54, 1.807) is 6.07 Å². The van der Waals surface area contributed by atoms with Crippen molar-refractivity contribution >= 4 is 0 Å². The van der Waals surface area contributed by atoms with Gasteiger partial charge in [-0.15, -0.1) is 13.2 Å². The molecule has 0 saturated heterocycles. The first kappa shape index (κ1) is 12.3. The summed E-state index contributed by atoms with van der Waals surface area (Å²) in [6.07, 6.45) is -4.91. The Hall–Kier alpha value is -1.81. The largest absolute Gasteiger partial charge is 0.573 e. The third-order valence-electron chi connectivity index (χ3n) is 1.63. The van der Waals surface area contributed by atoms with Crippen molar-refractivity contribution < 1.29 is 22.3 Å². The van der Waals surface area contributed by atoms with Gasteiger partial charge in [0.2, 0.25) is 0 Å². The molecular weight excluding hydrogens is 228 g/mol. The van der Waals surface area contributed by atoms with Crippen LogP contribution in [-0.2, 0) is 0 Å². The van der Waals surface area contributed by atoms with Gasteiger partial charge in [-0.3, -0.25) is 0 Å². The maximum atomic E-state index is 12.9. The molecule has 1 unspecified atom stereocenters. The molecule has 0 saturated carbocycles. The predicted octanol–water partition coefficient (Wildman–Crippen LogP) is 2.25. The van der Waals surface area contributed by atoms with Gasteiger partial charge in [0.05, 0.1) is 6.07 Å². The van der Waals surface area contributed by atoms with Crippen molar-refractivity contribution in [3.63, 3.8) is 0 Å². The first-order chi connectivity index (χ1) is 7.31. The number of nitriles is 1. The standard InChI is InChI=1S/C9H6F4N2O/c10-6-1-5(8(15)4-14)2-7(3-6)16-9(11,12)13/h1-3,8H,15H2. The molecule has 0 fully saturated rings. The van der Waals surface area contributed by atoms with Crippen LogP contribution in [0.3, 0.4) is 0 Å². The second-order valence-electron chi connectivity index (χ2n) is 2.87. The third kappa shape index (κ3) is 3.40. The highest BCUT2D eigenvalue weighted by molar-refractivity contribution is 5.33. The van der Waals surface area contributed by atoms with Crippen LogP contribution in [0.25, 0.3) is 0 Å². The summed E-state index contributed by atoms with van der Waals surface area (Å²) in [7, 11) is 0. The number of halogens is 4. The lowest BCUT2D eigenvalue weighted by Crippen LogP contribution is -2.18. The van der Waals surface area contributed by atoms with Crippen molar-refractivity contribution in [1.29, 1.82) is 5.26 Å². The topological polar surface area (TPSA) is 59.0 Å². The number of rotatable bonds is 2. The molecule has 0 amide bonds. The SMILES string of the molecule is N#CC(N)c1cc(F)cc(OC(F)(F)F)c1. The van der Waals surface area contributed by atoms with Crippen LogP contribution in [0.15, 0.2) is 18.2 Å². The summed E-state index contributed by atoms with van der Waals surface area (Å²) in [5.74, 6) is -1.70. The van der Waals surface area contributed by atoms with E-state index in [9.17, 15) is 17.6 Å². The second-order valence-corrected chi connectivity index (χ2v) is 2.87. The smallest absolute Gasteiger partial charge is 0.406 e. The molecule has 0 heterocycles. The van der Waals surface area contributed by atoms with E-state index >= 15 is 0 Å². The normalized spacial score (nSPS) is 13.0. The molecule has 0 aliphatic heterocycles. The van der Waals surface area contributed by atoms with Gasteiger partial charge < -0.3 is 10.5 Å². The van der Waals surface area contributed by atoms with E-state index in [2.05, 4.69) is 4.74 Å². The van der Waals surface area contributed by atoms with Crippen molar-refractivity contribution in [2.45, 2.75) is 12.4 Å².